The number of nitrogens with one attached hydrogen (secondary N) is 1. The van der Waals surface area contributed by atoms with Crippen LogP contribution in [0.15, 0.2) is 66.7 Å². The van der Waals surface area contributed by atoms with E-state index in [2.05, 4.69) is 64.0 Å². The van der Waals surface area contributed by atoms with E-state index in [4.69, 9.17) is 9.72 Å². The van der Waals surface area contributed by atoms with Crippen LogP contribution in [0.5, 0.6) is 5.75 Å². The highest BCUT2D eigenvalue weighted by Gasteiger charge is 2.44. The third-order valence-electron chi connectivity index (χ3n) is 10.0. The predicted octanol–water partition coefficient (Wildman–Crippen LogP) is 7.81. The standard InChI is InChI=1S/C38H40N4O3/c1-24(43)15-16-27-21-32-30(23-33(27)45-4)39-37(42(32)3)38(19-10-20-38)40-36(44)28-17-18-29-31(22-28)41(2)35(26-13-6-5-7-14-26)34(29)25-11-8-9-12-25/h5-7,13-18,21-23,25H,8-12,19-20H2,1-4H3,(H,40,44)/b16-15+. The Morgan fingerprint density at radius 2 is 1.71 bits per heavy atom. The zero-order valence-electron chi connectivity index (χ0n) is 26.5. The second-order valence-electron chi connectivity index (χ2n) is 12.8. The number of hydrogen-bond acceptors (Lipinski definition) is 4. The fourth-order valence-corrected chi connectivity index (χ4v) is 7.58. The number of aryl methyl sites for hydroxylation is 2. The molecule has 1 N–H and O–H groups in total. The first-order valence-corrected chi connectivity index (χ1v) is 16.0. The van der Waals surface area contributed by atoms with Gasteiger partial charge >= 0.3 is 0 Å². The number of aromatic nitrogens is 3. The van der Waals surface area contributed by atoms with E-state index in [0.717, 1.165) is 47.2 Å². The maximum Gasteiger partial charge on any atom is 0.252 e. The molecular formula is C38H40N4O3. The number of imidazole rings is 1. The number of carbonyl (C=O) groups excluding carboxylic acids is 2. The Morgan fingerprint density at radius 1 is 0.956 bits per heavy atom. The predicted molar refractivity (Wildman–Crippen MR) is 180 cm³/mol. The minimum absolute atomic E-state index is 0.0291. The number of fused-ring (bicyclic) bond motifs is 2. The van der Waals surface area contributed by atoms with Gasteiger partial charge in [0, 0.05) is 42.2 Å². The summed E-state index contributed by atoms with van der Waals surface area (Å²) in [5.74, 6) is 1.91. The average Bonchev–Trinajstić information content (AvgIpc) is 3.74. The van der Waals surface area contributed by atoms with Crippen LogP contribution in [-0.4, -0.2) is 32.9 Å². The Hall–Kier alpha value is -4.65. The summed E-state index contributed by atoms with van der Waals surface area (Å²) < 4.78 is 9.97. The summed E-state index contributed by atoms with van der Waals surface area (Å²) in [5.41, 5.74) is 7.62. The normalized spacial score (nSPS) is 16.4. The van der Waals surface area contributed by atoms with Crippen molar-refractivity contribution in [3.8, 4) is 17.0 Å². The molecule has 0 saturated heterocycles. The van der Waals surface area contributed by atoms with Crippen LogP contribution in [-0.2, 0) is 24.4 Å². The van der Waals surface area contributed by atoms with Gasteiger partial charge in [-0.2, -0.15) is 0 Å². The van der Waals surface area contributed by atoms with Gasteiger partial charge in [-0.3, -0.25) is 9.59 Å². The fourth-order valence-electron chi connectivity index (χ4n) is 7.58. The molecule has 2 aromatic heterocycles. The van der Waals surface area contributed by atoms with Gasteiger partial charge < -0.3 is 19.2 Å². The monoisotopic (exact) mass is 600 g/mol. The molecule has 0 unspecified atom stereocenters. The Balaban J connectivity index is 1.25. The van der Waals surface area contributed by atoms with Crippen LogP contribution in [0.2, 0.25) is 0 Å². The van der Waals surface area contributed by atoms with Crippen molar-refractivity contribution in [2.75, 3.05) is 7.11 Å². The molecular weight excluding hydrogens is 560 g/mol. The van der Waals surface area contributed by atoms with Crippen LogP contribution in [0, 0.1) is 0 Å². The van der Waals surface area contributed by atoms with Crippen molar-refractivity contribution in [2.24, 2.45) is 14.1 Å². The van der Waals surface area contributed by atoms with E-state index >= 15 is 0 Å². The van der Waals surface area contributed by atoms with Gasteiger partial charge in [0.1, 0.15) is 11.6 Å². The molecule has 0 spiro atoms. The second-order valence-corrected chi connectivity index (χ2v) is 12.8. The van der Waals surface area contributed by atoms with Crippen LogP contribution < -0.4 is 10.1 Å². The van der Waals surface area contributed by atoms with Crippen molar-refractivity contribution in [2.45, 2.75) is 63.3 Å². The van der Waals surface area contributed by atoms with E-state index < -0.39 is 5.54 Å². The summed E-state index contributed by atoms with van der Waals surface area (Å²) >= 11 is 0. The Labute approximate surface area is 263 Å². The molecule has 7 rings (SSSR count). The molecule has 2 heterocycles. The molecule has 230 valence electrons. The molecule has 5 aromatic rings. The van der Waals surface area contributed by atoms with Gasteiger partial charge in [0.2, 0.25) is 0 Å². The largest absolute Gasteiger partial charge is 0.496 e. The molecule has 2 aliphatic carbocycles. The lowest BCUT2D eigenvalue weighted by atomic mass is 9.75. The van der Waals surface area contributed by atoms with E-state index in [0.29, 0.717) is 17.2 Å². The van der Waals surface area contributed by atoms with E-state index in [1.165, 1.54) is 60.9 Å². The lowest BCUT2D eigenvalue weighted by molar-refractivity contribution is -0.112. The highest BCUT2D eigenvalue weighted by atomic mass is 16.5. The van der Waals surface area contributed by atoms with Crippen LogP contribution >= 0.6 is 0 Å². The molecule has 0 aliphatic heterocycles. The van der Waals surface area contributed by atoms with Crippen LogP contribution in [0.25, 0.3) is 39.3 Å². The van der Waals surface area contributed by atoms with Gasteiger partial charge in [-0.15, -0.1) is 0 Å². The van der Waals surface area contributed by atoms with Crippen LogP contribution in [0.3, 0.4) is 0 Å². The van der Waals surface area contributed by atoms with Gasteiger partial charge in [-0.1, -0.05) is 49.2 Å². The number of carbonyl (C=O) groups is 2. The SMILES string of the molecule is COc1cc2nc(C3(NC(=O)c4ccc5c(C6CCCC6)c(-c6ccccc6)n(C)c5c4)CCC3)n(C)c2cc1/C=C/C(C)=O. The van der Waals surface area contributed by atoms with Gasteiger partial charge in [-0.05, 0) is 86.4 Å². The molecule has 0 atom stereocenters. The summed E-state index contributed by atoms with van der Waals surface area (Å²) in [7, 11) is 5.74. The molecule has 0 bridgehead atoms. The smallest absolute Gasteiger partial charge is 0.252 e. The number of ether oxygens (including phenoxy) is 1. The minimum Gasteiger partial charge on any atom is -0.496 e. The van der Waals surface area contributed by atoms with Crippen LogP contribution in [0.1, 0.15) is 85.1 Å². The number of ketones is 1. The molecule has 2 fully saturated rings. The van der Waals surface area contributed by atoms with E-state index in [1.807, 2.05) is 25.2 Å². The van der Waals surface area contributed by atoms with Gasteiger partial charge in [0.15, 0.2) is 5.78 Å². The number of nitrogens with zero attached hydrogens (tertiary/aromatic N) is 3. The quantitative estimate of drug-likeness (QED) is 0.184. The van der Waals surface area contributed by atoms with Gasteiger partial charge in [-0.25, -0.2) is 4.98 Å². The molecule has 1 amide bonds. The van der Waals surface area contributed by atoms with Crippen molar-refractivity contribution >= 4 is 39.7 Å². The lowest BCUT2D eigenvalue weighted by Gasteiger charge is -2.41. The topological polar surface area (TPSA) is 78.2 Å². The Kier molecular flexibility index (Phi) is 7.35. The minimum atomic E-state index is -0.555. The number of benzene rings is 3. The molecule has 2 saturated carbocycles. The van der Waals surface area contributed by atoms with Crippen molar-refractivity contribution in [1.82, 2.24) is 19.4 Å². The number of methoxy groups -OCH3 is 1. The van der Waals surface area contributed by atoms with Crippen molar-refractivity contribution in [3.05, 3.63) is 89.3 Å². The third kappa shape index (κ3) is 4.95. The summed E-state index contributed by atoms with van der Waals surface area (Å²) in [6.45, 7) is 1.53. The first-order chi connectivity index (χ1) is 21.8. The molecule has 3 aromatic carbocycles. The average molecular weight is 601 g/mol. The van der Waals surface area contributed by atoms with Crippen molar-refractivity contribution in [1.29, 1.82) is 0 Å². The molecule has 2 aliphatic rings. The summed E-state index contributed by atoms with van der Waals surface area (Å²) in [6, 6.07) is 20.8. The van der Waals surface area contributed by atoms with Crippen LogP contribution in [0.4, 0.5) is 0 Å². The number of allylic oxidation sites excluding steroid dienone is 1. The number of hydrogen-bond donors (Lipinski definition) is 1. The Morgan fingerprint density at radius 3 is 2.38 bits per heavy atom. The lowest BCUT2D eigenvalue weighted by Crippen LogP contribution is -2.52. The molecule has 7 nitrogen and oxygen atoms in total. The van der Waals surface area contributed by atoms with E-state index in [-0.39, 0.29) is 11.7 Å². The maximum atomic E-state index is 14.0. The number of amides is 1. The fraction of sp³-hybridized carbons (Fsp3) is 0.342. The summed E-state index contributed by atoms with van der Waals surface area (Å²) in [5, 5.41) is 4.67. The zero-order chi connectivity index (χ0) is 31.3. The Bertz CT molecular complexity index is 1970. The number of rotatable bonds is 8. The van der Waals surface area contributed by atoms with Crippen molar-refractivity contribution < 1.29 is 14.3 Å². The second kappa shape index (κ2) is 11.4. The summed E-state index contributed by atoms with van der Waals surface area (Å²) in [4.78, 5) is 30.6. The maximum absolute atomic E-state index is 14.0. The van der Waals surface area contributed by atoms with E-state index in [9.17, 15) is 9.59 Å². The molecule has 45 heavy (non-hydrogen) atoms. The van der Waals surface area contributed by atoms with Gasteiger partial charge in [0.25, 0.3) is 5.91 Å². The summed E-state index contributed by atoms with van der Waals surface area (Å²) in [6.07, 6.45) is 10.9. The van der Waals surface area contributed by atoms with Gasteiger partial charge in [0.05, 0.1) is 29.4 Å². The van der Waals surface area contributed by atoms with E-state index in [1.54, 1.807) is 13.2 Å². The molecule has 0 radical (unpaired) electrons. The first kappa shape index (κ1) is 29.1. The first-order valence-electron chi connectivity index (χ1n) is 16.0. The third-order valence-corrected chi connectivity index (χ3v) is 10.0. The highest BCUT2D eigenvalue weighted by Crippen LogP contribution is 2.45. The van der Waals surface area contributed by atoms with Crippen molar-refractivity contribution in [3.63, 3.8) is 0 Å². The molecule has 7 heteroatoms. The zero-order valence-corrected chi connectivity index (χ0v) is 26.5. The highest BCUT2D eigenvalue weighted by molar-refractivity contribution is 6.01.